The van der Waals surface area contributed by atoms with Crippen molar-refractivity contribution >= 4 is 11.2 Å². The van der Waals surface area contributed by atoms with Crippen LogP contribution in [0.5, 0.6) is 5.75 Å². The van der Waals surface area contributed by atoms with Crippen molar-refractivity contribution < 1.29 is 4.74 Å². The molecule has 2 aromatic heterocycles. The first-order valence-corrected chi connectivity index (χ1v) is 12.5. The topological polar surface area (TPSA) is 71.1 Å². The zero-order chi connectivity index (χ0) is 25.9. The van der Waals surface area contributed by atoms with Crippen LogP contribution in [0.2, 0.25) is 0 Å². The van der Waals surface area contributed by atoms with E-state index in [1.165, 1.54) is 14.7 Å². The van der Waals surface area contributed by atoms with E-state index in [9.17, 15) is 9.59 Å². The fraction of sp³-hybridized carbons (Fsp3) is 0.233. The third-order valence-corrected chi connectivity index (χ3v) is 6.48. The summed E-state index contributed by atoms with van der Waals surface area (Å²) in [5.41, 5.74) is 3.94. The highest BCUT2D eigenvalue weighted by Gasteiger charge is 2.19. The van der Waals surface area contributed by atoms with Crippen LogP contribution in [0.1, 0.15) is 36.5 Å². The smallest absolute Gasteiger partial charge is 0.337 e. The molecule has 7 heteroatoms. The van der Waals surface area contributed by atoms with Gasteiger partial charge >= 0.3 is 5.69 Å². The van der Waals surface area contributed by atoms with Crippen molar-refractivity contribution in [3.05, 3.63) is 123 Å². The molecule has 188 valence electrons. The van der Waals surface area contributed by atoms with Crippen molar-refractivity contribution in [3.63, 3.8) is 0 Å². The lowest BCUT2D eigenvalue weighted by atomic mass is 10.0. The Bertz CT molecular complexity index is 1650. The Labute approximate surface area is 215 Å². The maximum atomic E-state index is 13.7. The summed E-state index contributed by atoms with van der Waals surface area (Å²) in [5.74, 6) is 1.05. The van der Waals surface area contributed by atoms with Crippen molar-refractivity contribution in [2.75, 3.05) is 6.61 Å². The number of aromatic nitrogens is 4. The van der Waals surface area contributed by atoms with E-state index in [2.05, 4.69) is 24.9 Å². The zero-order valence-electron chi connectivity index (χ0n) is 21.3. The Balaban J connectivity index is 1.62. The number of nitrogens with zero attached hydrogens (tertiary/aromatic N) is 4. The molecule has 0 radical (unpaired) electrons. The van der Waals surface area contributed by atoms with Gasteiger partial charge < -0.3 is 9.30 Å². The molecule has 0 aliphatic rings. The Kier molecular flexibility index (Phi) is 6.77. The van der Waals surface area contributed by atoms with E-state index < -0.39 is 5.69 Å². The van der Waals surface area contributed by atoms with Gasteiger partial charge in [-0.05, 0) is 48.2 Å². The lowest BCUT2D eigenvalue weighted by Gasteiger charge is -2.14. The highest BCUT2D eigenvalue weighted by molar-refractivity contribution is 5.72. The Morgan fingerprint density at radius 1 is 0.919 bits per heavy atom. The Morgan fingerprint density at radius 2 is 1.68 bits per heavy atom. The van der Waals surface area contributed by atoms with Crippen molar-refractivity contribution in [3.8, 4) is 11.4 Å². The van der Waals surface area contributed by atoms with E-state index in [0.29, 0.717) is 35.1 Å². The number of hydrogen-bond acceptors (Lipinski definition) is 4. The fourth-order valence-corrected chi connectivity index (χ4v) is 4.52. The molecule has 0 unspecified atom stereocenters. The molecule has 0 bridgehead atoms. The molecule has 0 amide bonds. The fourth-order valence-electron chi connectivity index (χ4n) is 4.52. The molecule has 7 nitrogen and oxygen atoms in total. The van der Waals surface area contributed by atoms with Gasteiger partial charge in [0.05, 0.1) is 18.6 Å². The minimum absolute atomic E-state index is 0.113. The second-order valence-corrected chi connectivity index (χ2v) is 9.52. The highest BCUT2D eigenvalue weighted by atomic mass is 16.5. The minimum Gasteiger partial charge on any atom is -0.492 e. The van der Waals surface area contributed by atoms with Gasteiger partial charge in [-0.1, -0.05) is 74.0 Å². The van der Waals surface area contributed by atoms with Gasteiger partial charge in [0.2, 0.25) is 0 Å². The number of aryl methyl sites for hydroxylation is 1. The van der Waals surface area contributed by atoms with Crippen LogP contribution < -0.4 is 16.0 Å². The standard InChI is InChI=1S/C30H30N4O3/c1-21(2)24-12-14-25(15-13-24)34-28-27(32(20-31-28)19-23-9-7-8-22(3)18-23)29(35)33(30(34)36)16-17-37-26-10-5-4-6-11-26/h4-15,18,20-21H,16-17,19H2,1-3H3. The van der Waals surface area contributed by atoms with E-state index in [4.69, 9.17) is 4.74 Å². The van der Waals surface area contributed by atoms with Crippen molar-refractivity contribution in [1.82, 2.24) is 18.7 Å². The van der Waals surface area contributed by atoms with Crippen molar-refractivity contribution in [1.29, 1.82) is 0 Å². The van der Waals surface area contributed by atoms with Gasteiger partial charge in [-0.15, -0.1) is 0 Å². The molecule has 0 saturated heterocycles. The average molecular weight is 495 g/mol. The Morgan fingerprint density at radius 3 is 2.38 bits per heavy atom. The molecule has 0 fully saturated rings. The van der Waals surface area contributed by atoms with E-state index >= 15 is 0 Å². The third-order valence-electron chi connectivity index (χ3n) is 6.48. The van der Waals surface area contributed by atoms with Crippen LogP contribution in [0.15, 0.2) is 94.8 Å². The molecule has 0 aliphatic heterocycles. The third kappa shape index (κ3) is 4.98. The molecule has 0 aliphatic carbocycles. The number of imidazole rings is 1. The first-order chi connectivity index (χ1) is 17.9. The molecule has 5 rings (SSSR count). The van der Waals surface area contributed by atoms with Gasteiger partial charge in [0, 0.05) is 6.54 Å². The monoisotopic (exact) mass is 494 g/mol. The number of fused-ring (bicyclic) bond motifs is 1. The summed E-state index contributed by atoms with van der Waals surface area (Å²) in [6.07, 6.45) is 1.64. The maximum absolute atomic E-state index is 13.7. The molecule has 37 heavy (non-hydrogen) atoms. The summed E-state index contributed by atoms with van der Waals surface area (Å²) in [6.45, 7) is 7.05. The predicted molar refractivity (Wildman–Crippen MR) is 146 cm³/mol. The van der Waals surface area contributed by atoms with Crippen LogP contribution >= 0.6 is 0 Å². The SMILES string of the molecule is Cc1cccc(Cn2cnc3c2c(=O)n(CCOc2ccccc2)c(=O)n3-c2ccc(C(C)C)cc2)c1. The van der Waals surface area contributed by atoms with Gasteiger partial charge in [0.15, 0.2) is 11.2 Å². The second-order valence-electron chi connectivity index (χ2n) is 9.52. The largest absolute Gasteiger partial charge is 0.492 e. The van der Waals surface area contributed by atoms with Crippen LogP contribution in [0.25, 0.3) is 16.9 Å². The van der Waals surface area contributed by atoms with Crippen molar-refractivity contribution in [2.45, 2.75) is 39.8 Å². The highest BCUT2D eigenvalue weighted by Crippen LogP contribution is 2.19. The van der Waals surface area contributed by atoms with Gasteiger partial charge in [0.1, 0.15) is 12.4 Å². The summed E-state index contributed by atoms with van der Waals surface area (Å²) in [4.78, 5) is 31.9. The summed E-state index contributed by atoms with van der Waals surface area (Å²) >= 11 is 0. The molecule has 0 atom stereocenters. The van der Waals surface area contributed by atoms with Crippen LogP contribution in [0.4, 0.5) is 0 Å². The summed E-state index contributed by atoms with van der Waals surface area (Å²) < 4.78 is 10.4. The number of hydrogen-bond donors (Lipinski definition) is 0. The molecular weight excluding hydrogens is 464 g/mol. The average Bonchev–Trinajstić information content (AvgIpc) is 3.30. The van der Waals surface area contributed by atoms with Crippen LogP contribution in [0, 0.1) is 6.92 Å². The number of benzene rings is 3. The molecule has 2 heterocycles. The lowest BCUT2D eigenvalue weighted by Crippen LogP contribution is -2.41. The summed E-state index contributed by atoms with van der Waals surface area (Å²) in [6, 6.07) is 25.3. The molecule has 5 aromatic rings. The first kappa shape index (κ1) is 24.3. The van der Waals surface area contributed by atoms with E-state index in [-0.39, 0.29) is 18.7 Å². The molecule has 0 spiro atoms. The van der Waals surface area contributed by atoms with Crippen LogP contribution in [-0.4, -0.2) is 25.3 Å². The molecule has 3 aromatic carbocycles. The first-order valence-electron chi connectivity index (χ1n) is 12.5. The second kappa shape index (κ2) is 10.3. The maximum Gasteiger partial charge on any atom is 0.337 e. The molecule has 0 N–H and O–H groups in total. The normalized spacial score (nSPS) is 11.4. The van der Waals surface area contributed by atoms with Crippen molar-refractivity contribution in [2.24, 2.45) is 0 Å². The summed E-state index contributed by atoms with van der Waals surface area (Å²) in [5, 5.41) is 0. The van der Waals surface area contributed by atoms with Crippen LogP contribution in [-0.2, 0) is 13.1 Å². The van der Waals surface area contributed by atoms with E-state index in [0.717, 1.165) is 11.1 Å². The van der Waals surface area contributed by atoms with Gasteiger partial charge in [-0.2, -0.15) is 0 Å². The Hall–Kier alpha value is -4.39. The minimum atomic E-state index is -0.438. The molecular formula is C30H30N4O3. The summed E-state index contributed by atoms with van der Waals surface area (Å²) in [7, 11) is 0. The van der Waals surface area contributed by atoms with Gasteiger partial charge in [0.25, 0.3) is 5.56 Å². The van der Waals surface area contributed by atoms with Crippen LogP contribution in [0.3, 0.4) is 0 Å². The molecule has 0 saturated carbocycles. The quantitative estimate of drug-likeness (QED) is 0.307. The van der Waals surface area contributed by atoms with Gasteiger partial charge in [-0.3, -0.25) is 9.36 Å². The number of ether oxygens (including phenoxy) is 1. The van der Waals surface area contributed by atoms with E-state index in [1.807, 2.05) is 84.3 Å². The van der Waals surface area contributed by atoms with E-state index in [1.54, 1.807) is 6.33 Å². The predicted octanol–water partition coefficient (Wildman–Crippen LogP) is 4.91. The number of rotatable bonds is 8. The zero-order valence-corrected chi connectivity index (χ0v) is 21.3. The lowest BCUT2D eigenvalue weighted by molar-refractivity contribution is 0.293. The van der Waals surface area contributed by atoms with Gasteiger partial charge in [-0.25, -0.2) is 14.3 Å². The number of para-hydroxylation sites is 1.